The van der Waals surface area contributed by atoms with E-state index < -0.39 is 11.9 Å². The van der Waals surface area contributed by atoms with Crippen LogP contribution < -0.4 is 10.6 Å². The van der Waals surface area contributed by atoms with Crippen molar-refractivity contribution in [3.8, 4) is 0 Å². The van der Waals surface area contributed by atoms with E-state index in [9.17, 15) is 9.18 Å². The molecule has 1 aromatic heterocycles. The quantitative estimate of drug-likeness (QED) is 0.890. The van der Waals surface area contributed by atoms with Gasteiger partial charge in [0.15, 0.2) is 11.6 Å². The maximum Gasteiger partial charge on any atom is 0.239 e. The van der Waals surface area contributed by atoms with Crippen molar-refractivity contribution in [1.29, 1.82) is 0 Å². The molecule has 2 heterocycles. The average molecular weight is 364 g/mol. The molecule has 3 rings (SSSR count). The molecule has 1 saturated heterocycles. The van der Waals surface area contributed by atoms with Gasteiger partial charge in [-0.05, 0) is 24.1 Å². The fraction of sp³-hybridized carbons (Fsp3) is 0.353. The molecule has 2 aromatic rings. The smallest absolute Gasteiger partial charge is 0.239 e. The molecule has 132 valence electrons. The van der Waals surface area contributed by atoms with Crippen LogP contribution in [0, 0.1) is 5.82 Å². The number of halogens is 2. The number of carbonyl (C=O) groups is 1. The standard InChI is InChI=1S/C17H19ClFN5O/c18-13-3-1-12(2-4-13)9-15(20)17(25)24-7-5-23(6-8-24)16-14(19)10-21-11-22-16/h1-4,10-11,15H,5-9,20H2/t15-/m1/s1. The summed E-state index contributed by atoms with van der Waals surface area (Å²) in [6.07, 6.45) is 2.91. The van der Waals surface area contributed by atoms with Gasteiger partial charge >= 0.3 is 0 Å². The van der Waals surface area contributed by atoms with Crippen LogP contribution in [0.15, 0.2) is 36.8 Å². The monoisotopic (exact) mass is 363 g/mol. The molecule has 1 aromatic carbocycles. The first-order valence-electron chi connectivity index (χ1n) is 8.04. The topological polar surface area (TPSA) is 75.4 Å². The Morgan fingerprint density at radius 3 is 2.56 bits per heavy atom. The molecule has 6 nitrogen and oxygen atoms in total. The molecule has 0 unspecified atom stereocenters. The molecule has 2 N–H and O–H groups in total. The largest absolute Gasteiger partial charge is 0.351 e. The van der Waals surface area contributed by atoms with Gasteiger partial charge in [0.05, 0.1) is 12.2 Å². The first kappa shape index (κ1) is 17.6. The summed E-state index contributed by atoms with van der Waals surface area (Å²) in [5, 5.41) is 0.650. The lowest BCUT2D eigenvalue weighted by Crippen LogP contribution is -2.54. The molecular weight excluding hydrogens is 345 g/mol. The Morgan fingerprint density at radius 1 is 1.24 bits per heavy atom. The highest BCUT2D eigenvalue weighted by Crippen LogP contribution is 2.17. The summed E-state index contributed by atoms with van der Waals surface area (Å²) in [6.45, 7) is 1.98. The van der Waals surface area contributed by atoms with E-state index in [2.05, 4.69) is 9.97 Å². The summed E-state index contributed by atoms with van der Waals surface area (Å²) >= 11 is 5.86. The third-order valence-electron chi connectivity index (χ3n) is 4.23. The predicted octanol–water partition coefficient (Wildman–Crippen LogP) is 1.49. The second kappa shape index (κ2) is 7.76. The van der Waals surface area contributed by atoms with Gasteiger partial charge in [-0.3, -0.25) is 4.79 Å². The van der Waals surface area contributed by atoms with Crippen molar-refractivity contribution in [3.05, 3.63) is 53.2 Å². The van der Waals surface area contributed by atoms with Crippen molar-refractivity contribution in [3.63, 3.8) is 0 Å². The Morgan fingerprint density at radius 2 is 1.92 bits per heavy atom. The zero-order valence-corrected chi connectivity index (χ0v) is 14.4. The minimum absolute atomic E-state index is 0.0993. The van der Waals surface area contributed by atoms with Crippen molar-refractivity contribution in [2.45, 2.75) is 12.5 Å². The summed E-state index contributed by atoms with van der Waals surface area (Å²) < 4.78 is 13.8. The minimum Gasteiger partial charge on any atom is -0.351 e. The number of piperazine rings is 1. The van der Waals surface area contributed by atoms with Gasteiger partial charge in [-0.15, -0.1) is 0 Å². The highest BCUT2D eigenvalue weighted by Gasteiger charge is 2.26. The molecule has 0 radical (unpaired) electrons. The highest BCUT2D eigenvalue weighted by molar-refractivity contribution is 6.30. The molecule has 25 heavy (non-hydrogen) atoms. The number of anilines is 1. The normalized spacial score (nSPS) is 16.0. The molecule has 0 saturated carbocycles. The number of carbonyl (C=O) groups excluding carboxylic acids is 1. The summed E-state index contributed by atoms with van der Waals surface area (Å²) in [4.78, 5) is 23.7. The van der Waals surface area contributed by atoms with Gasteiger partial charge in [0.1, 0.15) is 6.33 Å². The lowest BCUT2D eigenvalue weighted by Gasteiger charge is -2.36. The van der Waals surface area contributed by atoms with Crippen LogP contribution in [0.5, 0.6) is 0 Å². The van der Waals surface area contributed by atoms with Gasteiger partial charge in [0.2, 0.25) is 5.91 Å². The Bertz CT molecular complexity index is 734. The number of benzene rings is 1. The van der Waals surface area contributed by atoms with Crippen LogP contribution in [0.25, 0.3) is 0 Å². The van der Waals surface area contributed by atoms with E-state index in [0.29, 0.717) is 37.6 Å². The molecule has 0 spiro atoms. The molecule has 1 fully saturated rings. The van der Waals surface area contributed by atoms with Crippen molar-refractivity contribution < 1.29 is 9.18 Å². The molecule has 1 aliphatic rings. The molecule has 1 atom stereocenters. The van der Waals surface area contributed by atoms with Crippen LogP contribution in [0.1, 0.15) is 5.56 Å². The Hall–Kier alpha value is -2.25. The average Bonchev–Trinajstić information content (AvgIpc) is 2.63. The van der Waals surface area contributed by atoms with Gasteiger partial charge < -0.3 is 15.5 Å². The number of aromatic nitrogens is 2. The summed E-state index contributed by atoms with van der Waals surface area (Å²) in [5.74, 6) is -0.285. The van der Waals surface area contributed by atoms with Crippen LogP contribution in [0.2, 0.25) is 5.02 Å². The Balaban J connectivity index is 1.56. The van der Waals surface area contributed by atoms with E-state index in [-0.39, 0.29) is 11.7 Å². The number of hydrogen-bond donors (Lipinski definition) is 1. The Labute approximate surface area is 150 Å². The second-order valence-electron chi connectivity index (χ2n) is 5.94. The van der Waals surface area contributed by atoms with Crippen LogP contribution in [-0.2, 0) is 11.2 Å². The van der Waals surface area contributed by atoms with Gasteiger partial charge in [-0.1, -0.05) is 23.7 Å². The number of nitrogens with two attached hydrogens (primary N) is 1. The third kappa shape index (κ3) is 4.24. The molecule has 1 amide bonds. The van der Waals surface area contributed by atoms with Gasteiger partial charge in [-0.25, -0.2) is 14.4 Å². The molecule has 1 aliphatic heterocycles. The summed E-state index contributed by atoms with van der Waals surface area (Å²) in [7, 11) is 0. The highest BCUT2D eigenvalue weighted by atomic mass is 35.5. The predicted molar refractivity (Wildman–Crippen MR) is 93.9 cm³/mol. The molecule has 0 bridgehead atoms. The van der Waals surface area contributed by atoms with Gasteiger partial charge in [-0.2, -0.15) is 0 Å². The maximum absolute atomic E-state index is 13.8. The maximum atomic E-state index is 13.8. The zero-order chi connectivity index (χ0) is 17.8. The number of rotatable bonds is 4. The number of nitrogens with zero attached hydrogens (tertiary/aromatic N) is 4. The van der Waals surface area contributed by atoms with Crippen LogP contribution >= 0.6 is 11.6 Å². The second-order valence-corrected chi connectivity index (χ2v) is 6.38. The van der Waals surface area contributed by atoms with Crippen LogP contribution in [-0.4, -0.2) is 53.0 Å². The Kier molecular flexibility index (Phi) is 5.45. The zero-order valence-electron chi connectivity index (χ0n) is 13.6. The van der Waals surface area contributed by atoms with E-state index >= 15 is 0 Å². The summed E-state index contributed by atoms with van der Waals surface area (Å²) in [5.41, 5.74) is 7.03. The fourth-order valence-electron chi connectivity index (χ4n) is 2.87. The van der Waals surface area contributed by atoms with E-state index in [1.807, 2.05) is 17.0 Å². The SMILES string of the molecule is N[C@H](Cc1ccc(Cl)cc1)C(=O)N1CCN(c2ncncc2F)CC1. The lowest BCUT2D eigenvalue weighted by molar-refractivity contribution is -0.132. The number of hydrogen-bond acceptors (Lipinski definition) is 5. The van der Waals surface area contributed by atoms with Crippen molar-refractivity contribution >= 4 is 23.3 Å². The van der Waals surface area contributed by atoms with Gasteiger partial charge in [0.25, 0.3) is 0 Å². The van der Waals surface area contributed by atoms with Crippen molar-refractivity contribution in [1.82, 2.24) is 14.9 Å². The minimum atomic E-state index is -0.608. The van der Waals surface area contributed by atoms with Crippen molar-refractivity contribution in [2.75, 3.05) is 31.1 Å². The van der Waals surface area contributed by atoms with E-state index in [1.54, 1.807) is 17.0 Å². The van der Waals surface area contributed by atoms with Crippen molar-refractivity contribution in [2.24, 2.45) is 5.73 Å². The summed E-state index contributed by atoms with van der Waals surface area (Å²) in [6, 6.07) is 6.69. The van der Waals surface area contributed by atoms with Crippen LogP contribution in [0.3, 0.4) is 0 Å². The fourth-order valence-corrected chi connectivity index (χ4v) is 3.00. The molecule has 0 aliphatic carbocycles. The lowest BCUT2D eigenvalue weighted by atomic mass is 10.1. The van der Waals surface area contributed by atoms with E-state index in [4.69, 9.17) is 17.3 Å². The van der Waals surface area contributed by atoms with Gasteiger partial charge in [0, 0.05) is 31.2 Å². The third-order valence-corrected chi connectivity index (χ3v) is 4.48. The molecule has 8 heteroatoms. The van der Waals surface area contributed by atoms with E-state index in [0.717, 1.165) is 11.8 Å². The van der Waals surface area contributed by atoms with Crippen LogP contribution in [0.4, 0.5) is 10.2 Å². The molecular formula is C17H19ClFN5O. The number of amides is 1. The first-order chi connectivity index (χ1) is 12.0. The first-order valence-corrected chi connectivity index (χ1v) is 8.41. The van der Waals surface area contributed by atoms with E-state index in [1.165, 1.54) is 6.33 Å².